The van der Waals surface area contributed by atoms with E-state index in [0.29, 0.717) is 26.2 Å². The van der Waals surface area contributed by atoms with E-state index in [0.717, 1.165) is 30.9 Å². The standard InChI is InChI=1S/C18H27N5O2/c24-17(19-8-12-23-13-9-20-18(23)25)21-16-7-3-2-6-15(16)14-22-10-4-1-5-11-22/h2-3,6-7H,1,4-5,8-14H2,(H,20,25)(H2,19,21,24). The van der Waals surface area contributed by atoms with Crippen LogP contribution in [0.4, 0.5) is 15.3 Å². The number of nitrogens with zero attached hydrogens (tertiary/aromatic N) is 2. The summed E-state index contributed by atoms with van der Waals surface area (Å²) in [7, 11) is 0. The summed E-state index contributed by atoms with van der Waals surface area (Å²) in [6.45, 7) is 5.44. The zero-order valence-electron chi connectivity index (χ0n) is 14.6. The van der Waals surface area contributed by atoms with Gasteiger partial charge in [-0.3, -0.25) is 4.90 Å². The molecule has 136 valence electrons. The SMILES string of the molecule is O=C(NCCN1CCNC1=O)Nc1ccccc1CN1CCCCC1. The predicted octanol–water partition coefficient (Wildman–Crippen LogP) is 1.82. The van der Waals surface area contributed by atoms with E-state index in [4.69, 9.17) is 0 Å². The van der Waals surface area contributed by atoms with Crippen LogP contribution in [0.15, 0.2) is 24.3 Å². The molecule has 0 radical (unpaired) electrons. The van der Waals surface area contributed by atoms with Crippen molar-refractivity contribution in [1.82, 2.24) is 20.4 Å². The average Bonchev–Trinajstić information content (AvgIpc) is 3.03. The summed E-state index contributed by atoms with van der Waals surface area (Å²) >= 11 is 0. The first kappa shape index (κ1) is 17.5. The Morgan fingerprint density at radius 1 is 1.12 bits per heavy atom. The summed E-state index contributed by atoms with van der Waals surface area (Å²) < 4.78 is 0. The van der Waals surface area contributed by atoms with Crippen molar-refractivity contribution in [2.24, 2.45) is 0 Å². The van der Waals surface area contributed by atoms with Gasteiger partial charge in [0, 0.05) is 38.4 Å². The Kier molecular flexibility index (Phi) is 6.11. The molecular formula is C18H27N5O2. The Morgan fingerprint density at radius 2 is 1.92 bits per heavy atom. The van der Waals surface area contributed by atoms with E-state index < -0.39 is 0 Å². The van der Waals surface area contributed by atoms with Crippen LogP contribution in [0.25, 0.3) is 0 Å². The number of carbonyl (C=O) groups is 2. The van der Waals surface area contributed by atoms with Crippen molar-refractivity contribution in [3.63, 3.8) is 0 Å². The lowest BCUT2D eigenvalue weighted by Gasteiger charge is -2.27. The molecule has 2 fully saturated rings. The maximum atomic E-state index is 12.2. The van der Waals surface area contributed by atoms with Gasteiger partial charge in [0.2, 0.25) is 0 Å². The van der Waals surface area contributed by atoms with Crippen molar-refractivity contribution in [3.05, 3.63) is 29.8 Å². The zero-order valence-corrected chi connectivity index (χ0v) is 14.6. The van der Waals surface area contributed by atoms with Crippen molar-refractivity contribution >= 4 is 17.7 Å². The maximum Gasteiger partial charge on any atom is 0.319 e. The Morgan fingerprint density at radius 3 is 2.68 bits per heavy atom. The van der Waals surface area contributed by atoms with Gasteiger partial charge in [-0.25, -0.2) is 9.59 Å². The normalized spacial score (nSPS) is 18.1. The average molecular weight is 345 g/mol. The second-order valence-electron chi connectivity index (χ2n) is 6.59. The van der Waals surface area contributed by atoms with Crippen LogP contribution in [0.3, 0.4) is 0 Å². The van der Waals surface area contributed by atoms with Gasteiger partial charge >= 0.3 is 12.1 Å². The van der Waals surface area contributed by atoms with E-state index >= 15 is 0 Å². The molecule has 1 aromatic rings. The lowest BCUT2D eigenvalue weighted by molar-refractivity contribution is 0.216. The van der Waals surface area contributed by atoms with Gasteiger partial charge in [0.05, 0.1) is 0 Å². The highest BCUT2D eigenvalue weighted by atomic mass is 16.2. The van der Waals surface area contributed by atoms with Gasteiger partial charge in [-0.05, 0) is 37.6 Å². The number of urea groups is 2. The Bertz CT molecular complexity index is 601. The lowest BCUT2D eigenvalue weighted by Crippen LogP contribution is -2.38. The first-order valence-electron chi connectivity index (χ1n) is 9.10. The number of para-hydroxylation sites is 1. The Labute approximate surface area is 148 Å². The number of benzene rings is 1. The topological polar surface area (TPSA) is 76.7 Å². The fourth-order valence-corrected chi connectivity index (χ4v) is 3.33. The third-order valence-electron chi connectivity index (χ3n) is 4.72. The number of rotatable bonds is 6. The van der Waals surface area contributed by atoms with Crippen LogP contribution >= 0.6 is 0 Å². The van der Waals surface area contributed by atoms with Crippen LogP contribution in [0.1, 0.15) is 24.8 Å². The van der Waals surface area contributed by atoms with E-state index in [9.17, 15) is 9.59 Å². The molecule has 0 spiro atoms. The fourth-order valence-electron chi connectivity index (χ4n) is 3.33. The molecule has 0 atom stereocenters. The fraction of sp³-hybridized carbons (Fsp3) is 0.556. The molecule has 4 amide bonds. The van der Waals surface area contributed by atoms with E-state index in [2.05, 4.69) is 26.9 Å². The highest BCUT2D eigenvalue weighted by Crippen LogP contribution is 2.19. The maximum absolute atomic E-state index is 12.2. The summed E-state index contributed by atoms with van der Waals surface area (Å²) in [5.74, 6) is 0. The van der Waals surface area contributed by atoms with Gasteiger partial charge in [0.15, 0.2) is 0 Å². The minimum atomic E-state index is -0.231. The summed E-state index contributed by atoms with van der Waals surface area (Å²) in [4.78, 5) is 27.8. The summed E-state index contributed by atoms with van der Waals surface area (Å²) in [5.41, 5.74) is 1.99. The van der Waals surface area contributed by atoms with Crippen LogP contribution in [0.2, 0.25) is 0 Å². The van der Waals surface area contributed by atoms with Crippen LogP contribution in [0.5, 0.6) is 0 Å². The minimum Gasteiger partial charge on any atom is -0.336 e. The monoisotopic (exact) mass is 345 g/mol. The molecule has 2 heterocycles. The molecule has 2 aliphatic heterocycles. The number of likely N-dealkylation sites (tertiary alicyclic amines) is 1. The number of hydrogen-bond donors (Lipinski definition) is 3. The molecule has 7 nitrogen and oxygen atoms in total. The number of nitrogens with one attached hydrogen (secondary N) is 3. The quantitative estimate of drug-likeness (QED) is 0.736. The molecule has 2 saturated heterocycles. The van der Waals surface area contributed by atoms with Crippen LogP contribution < -0.4 is 16.0 Å². The molecule has 1 aromatic carbocycles. The van der Waals surface area contributed by atoms with Crippen LogP contribution in [0, 0.1) is 0 Å². The smallest absolute Gasteiger partial charge is 0.319 e. The molecule has 2 aliphatic rings. The van der Waals surface area contributed by atoms with E-state index in [1.54, 1.807) is 4.90 Å². The second-order valence-corrected chi connectivity index (χ2v) is 6.59. The number of anilines is 1. The van der Waals surface area contributed by atoms with Gasteiger partial charge in [-0.2, -0.15) is 0 Å². The molecule has 3 N–H and O–H groups in total. The largest absolute Gasteiger partial charge is 0.336 e. The first-order chi connectivity index (χ1) is 12.2. The third-order valence-corrected chi connectivity index (χ3v) is 4.72. The minimum absolute atomic E-state index is 0.0610. The van der Waals surface area contributed by atoms with Gasteiger partial charge < -0.3 is 20.9 Å². The summed E-state index contributed by atoms with van der Waals surface area (Å²) in [5, 5.41) is 8.51. The Balaban J connectivity index is 1.48. The molecule has 0 aliphatic carbocycles. The van der Waals surface area contributed by atoms with Crippen molar-refractivity contribution in [2.45, 2.75) is 25.8 Å². The van der Waals surface area contributed by atoms with Crippen molar-refractivity contribution in [3.8, 4) is 0 Å². The summed E-state index contributed by atoms with van der Waals surface area (Å²) in [6, 6.07) is 7.66. The second kappa shape index (κ2) is 8.71. The van der Waals surface area contributed by atoms with Gasteiger partial charge in [0.25, 0.3) is 0 Å². The van der Waals surface area contributed by atoms with Crippen molar-refractivity contribution < 1.29 is 9.59 Å². The van der Waals surface area contributed by atoms with Crippen molar-refractivity contribution in [2.75, 3.05) is 44.6 Å². The van der Waals surface area contributed by atoms with E-state index in [-0.39, 0.29) is 12.1 Å². The molecule has 0 unspecified atom stereocenters. The molecule has 3 rings (SSSR count). The molecule has 25 heavy (non-hydrogen) atoms. The Hall–Kier alpha value is -2.28. The lowest BCUT2D eigenvalue weighted by atomic mass is 10.1. The highest BCUT2D eigenvalue weighted by Gasteiger charge is 2.19. The number of amides is 4. The third kappa shape index (κ3) is 5.09. The number of piperidine rings is 1. The zero-order chi connectivity index (χ0) is 17.5. The number of carbonyl (C=O) groups excluding carboxylic acids is 2. The van der Waals surface area contributed by atoms with E-state index in [1.165, 1.54) is 19.3 Å². The van der Waals surface area contributed by atoms with E-state index in [1.807, 2.05) is 18.2 Å². The molecular weight excluding hydrogens is 318 g/mol. The molecule has 7 heteroatoms. The first-order valence-corrected chi connectivity index (χ1v) is 9.10. The predicted molar refractivity (Wildman–Crippen MR) is 97.6 cm³/mol. The van der Waals surface area contributed by atoms with Gasteiger partial charge in [0.1, 0.15) is 0 Å². The van der Waals surface area contributed by atoms with Crippen molar-refractivity contribution in [1.29, 1.82) is 0 Å². The highest BCUT2D eigenvalue weighted by molar-refractivity contribution is 5.90. The van der Waals surface area contributed by atoms with Gasteiger partial charge in [-0.1, -0.05) is 24.6 Å². The van der Waals surface area contributed by atoms with Crippen LogP contribution in [-0.2, 0) is 6.54 Å². The molecule has 0 bridgehead atoms. The summed E-state index contributed by atoms with van der Waals surface area (Å²) in [6.07, 6.45) is 3.81. The van der Waals surface area contributed by atoms with Crippen LogP contribution in [-0.4, -0.2) is 61.1 Å². The van der Waals surface area contributed by atoms with Gasteiger partial charge in [-0.15, -0.1) is 0 Å². The molecule has 0 saturated carbocycles. The number of hydrogen-bond acceptors (Lipinski definition) is 3. The molecule has 0 aromatic heterocycles.